The number of nitrogens with one attached hydrogen (secondary N) is 1. The predicted octanol–water partition coefficient (Wildman–Crippen LogP) is 3.28. The minimum atomic E-state index is -0.788. The number of rotatable bonds is 4. The van der Waals surface area contributed by atoms with Gasteiger partial charge in [-0.05, 0) is 54.4 Å². The lowest BCUT2D eigenvalue weighted by Gasteiger charge is -2.20. The normalized spacial score (nSPS) is 14.2. The Morgan fingerprint density at radius 3 is 2.62 bits per heavy atom. The Kier molecular flexibility index (Phi) is 4.35. The molecule has 0 aliphatic heterocycles. The molecule has 0 saturated carbocycles. The zero-order valence-electron chi connectivity index (χ0n) is 9.62. The topological polar surface area (TPSA) is 49.3 Å². The molecule has 0 spiro atoms. The number of aliphatic carboxylic acids is 1. The number of halogens is 1. The Morgan fingerprint density at radius 2 is 2.06 bits per heavy atom. The highest BCUT2D eigenvalue weighted by Crippen LogP contribution is 2.25. The summed E-state index contributed by atoms with van der Waals surface area (Å²) in [6, 6.07) is 5.83. The molecule has 0 heterocycles. The highest BCUT2D eigenvalue weighted by atomic mass is 79.9. The summed E-state index contributed by atoms with van der Waals surface area (Å²) in [5, 5.41) is 12.1. The van der Waals surface area contributed by atoms with Crippen LogP contribution in [0.4, 0.5) is 5.69 Å². The Labute approximate surface area is 104 Å². The number of aryl methyl sites for hydroxylation is 1. The van der Waals surface area contributed by atoms with Crippen LogP contribution in [-0.2, 0) is 4.79 Å². The molecule has 0 saturated heterocycles. The van der Waals surface area contributed by atoms with Crippen molar-refractivity contribution < 1.29 is 9.90 Å². The van der Waals surface area contributed by atoms with Crippen LogP contribution < -0.4 is 5.32 Å². The Balaban J connectivity index is 2.80. The van der Waals surface area contributed by atoms with E-state index in [-0.39, 0.29) is 6.04 Å². The third-order valence-corrected chi connectivity index (χ3v) is 3.34. The molecule has 0 aromatic heterocycles. The molecule has 0 fully saturated rings. The standard InChI is InChI=1S/C12H16BrNO2/c1-7-4-5-10(13)11(6-7)14-9(3)8(2)12(15)16/h4-6,8-9,14H,1-3H3,(H,15,16). The largest absolute Gasteiger partial charge is 0.481 e. The lowest BCUT2D eigenvalue weighted by molar-refractivity contribution is -0.141. The quantitative estimate of drug-likeness (QED) is 0.893. The van der Waals surface area contributed by atoms with E-state index in [2.05, 4.69) is 21.2 Å². The molecule has 1 aromatic carbocycles. The highest BCUT2D eigenvalue weighted by Gasteiger charge is 2.19. The van der Waals surface area contributed by atoms with Crippen LogP contribution in [0.25, 0.3) is 0 Å². The van der Waals surface area contributed by atoms with Gasteiger partial charge in [-0.2, -0.15) is 0 Å². The van der Waals surface area contributed by atoms with E-state index < -0.39 is 11.9 Å². The first-order valence-corrected chi connectivity index (χ1v) is 5.96. The fraction of sp³-hybridized carbons (Fsp3) is 0.417. The van der Waals surface area contributed by atoms with Crippen molar-refractivity contribution in [2.24, 2.45) is 5.92 Å². The second-order valence-corrected chi connectivity index (χ2v) is 4.90. The number of carbonyl (C=O) groups is 1. The Bertz CT molecular complexity index is 393. The van der Waals surface area contributed by atoms with Gasteiger partial charge >= 0.3 is 5.97 Å². The molecule has 0 bridgehead atoms. The first-order valence-electron chi connectivity index (χ1n) is 5.17. The van der Waals surface area contributed by atoms with Gasteiger partial charge < -0.3 is 10.4 Å². The van der Waals surface area contributed by atoms with E-state index in [0.29, 0.717) is 0 Å². The van der Waals surface area contributed by atoms with Crippen molar-refractivity contribution in [2.45, 2.75) is 26.8 Å². The highest BCUT2D eigenvalue weighted by molar-refractivity contribution is 9.10. The zero-order chi connectivity index (χ0) is 12.3. The maximum Gasteiger partial charge on any atom is 0.308 e. The summed E-state index contributed by atoms with van der Waals surface area (Å²) in [4.78, 5) is 10.8. The zero-order valence-corrected chi connectivity index (χ0v) is 11.2. The summed E-state index contributed by atoms with van der Waals surface area (Å²) in [5.41, 5.74) is 2.07. The van der Waals surface area contributed by atoms with Crippen molar-refractivity contribution >= 4 is 27.6 Å². The average Bonchev–Trinajstić information content (AvgIpc) is 2.22. The number of carboxylic acids is 1. The smallest absolute Gasteiger partial charge is 0.308 e. The van der Waals surface area contributed by atoms with Gasteiger partial charge in [0.2, 0.25) is 0 Å². The monoisotopic (exact) mass is 285 g/mol. The molecule has 4 heteroatoms. The summed E-state index contributed by atoms with van der Waals surface area (Å²) in [7, 11) is 0. The minimum Gasteiger partial charge on any atom is -0.481 e. The molecule has 0 aliphatic rings. The molecule has 1 aromatic rings. The van der Waals surface area contributed by atoms with E-state index in [0.717, 1.165) is 15.7 Å². The van der Waals surface area contributed by atoms with Crippen LogP contribution in [0.3, 0.4) is 0 Å². The van der Waals surface area contributed by atoms with Crippen molar-refractivity contribution in [3.63, 3.8) is 0 Å². The first-order chi connectivity index (χ1) is 7.41. The lowest BCUT2D eigenvalue weighted by Crippen LogP contribution is -2.29. The second-order valence-electron chi connectivity index (χ2n) is 4.04. The molecule has 0 aliphatic carbocycles. The fourth-order valence-corrected chi connectivity index (χ4v) is 1.69. The number of hydrogen-bond donors (Lipinski definition) is 2. The lowest BCUT2D eigenvalue weighted by atomic mass is 10.0. The maximum atomic E-state index is 10.8. The number of benzene rings is 1. The molecule has 0 radical (unpaired) electrons. The summed E-state index contributed by atoms with van der Waals surface area (Å²) in [5.74, 6) is -1.21. The minimum absolute atomic E-state index is 0.115. The number of anilines is 1. The molecule has 88 valence electrons. The van der Waals surface area contributed by atoms with Crippen molar-refractivity contribution in [3.05, 3.63) is 28.2 Å². The molecule has 0 amide bonds. The molecule has 2 unspecified atom stereocenters. The van der Waals surface area contributed by atoms with Crippen LogP contribution in [0.2, 0.25) is 0 Å². The molecule has 2 atom stereocenters. The van der Waals surface area contributed by atoms with Crippen molar-refractivity contribution in [1.82, 2.24) is 0 Å². The van der Waals surface area contributed by atoms with E-state index in [1.807, 2.05) is 32.0 Å². The van der Waals surface area contributed by atoms with Gasteiger partial charge in [-0.3, -0.25) is 4.79 Å². The van der Waals surface area contributed by atoms with Gasteiger partial charge in [0.15, 0.2) is 0 Å². The Morgan fingerprint density at radius 1 is 1.44 bits per heavy atom. The van der Waals surface area contributed by atoms with Gasteiger partial charge in [0.05, 0.1) is 5.92 Å². The van der Waals surface area contributed by atoms with Crippen molar-refractivity contribution in [1.29, 1.82) is 0 Å². The summed E-state index contributed by atoms with van der Waals surface area (Å²) >= 11 is 3.44. The molecule has 1 rings (SSSR count). The average molecular weight is 286 g/mol. The van der Waals surface area contributed by atoms with Gasteiger partial charge in [-0.25, -0.2) is 0 Å². The third-order valence-electron chi connectivity index (χ3n) is 2.64. The summed E-state index contributed by atoms with van der Waals surface area (Å²) in [6.45, 7) is 5.57. The van der Waals surface area contributed by atoms with Crippen LogP contribution in [0.5, 0.6) is 0 Å². The van der Waals surface area contributed by atoms with Crippen LogP contribution >= 0.6 is 15.9 Å². The van der Waals surface area contributed by atoms with E-state index in [1.54, 1.807) is 6.92 Å². The van der Waals surface area contributed by atoms with Crippen molar-refractivity contribution in [3.8, 4) is 0 Å². The van der Waals surface area contributed by atoms with E-state index in [4.69, 9.17) is 5.11 Å². The van der Waals surface area contributed by atoms with Crippen molar-refractivity contribution in [2.75, 3.05) is 5.32 Å². The number of carboxylic acid groups (broad SMARTS) is 1. The van der Waals surface area contributed by atoms with Gasteiger partial charge in [0, 0.05) is 16.2 Å². The van der Waals surface area contributed by atoms with E-state index >= 15 is 0 Å². The fourth-order valence-electron chi connectivity index (χ4n) is 1.33. The van der Waals surface area contributed by atoms with E-state index in [9.17, 15) is 4.79 Å². The summed E-state index contributed by atoms with van der Waals surface area (Å²) in [6.07, 6.45) is 0. The maximum absolute atomic E-state index is 10.8. The first kappa shape index (κ1) is 13.0. The van der Waals surface area contributed by atoms with Gasteiger partial charge in [0.25, 0.3) is 0 Å². The predicted molar refractivity (Wildman–Crippen MR) is 68.8 cm³/mol. The van der Waals surface area contributed by atoms with Gasteiger partial charge in [-0.1, -0.05) is 6.07 Å². The summed E-state index contributed by atoms with van der Waals surface area (Å²) < 4.78 is 0.947. The Hall–Kier alpha value is -1.03. The molecule has 2 N–H and O–H groups in total. The molecule has 16 heavy (non-hydrogen) atoms. The molecule has 3 nitrogen and oxygen atoms in total. The van der Waals surface area contributed by atoms with Crippen LogP contribution in [0, 0.1) is 12.8 Å². The van der Waals surface area contributed by atoms with Crippen LogP contribution in [0.1, 0.15) is 19.4 Å². The van der Waals surface area contributed by atoms with Crippen LogP contribution in [-0.4, -0.2) is 17.1 Å². The second kappa shape index (κ2) is 5.34. The molecular weight excluding hydrogens is 270 g/mol. The van der Waals surface area contributed by atoms with Gasteiger partial charge in [-0.15, -0.1) is 0 Å². The third kappa shape index (κ3) is 3.23. The molecular formula is C12H16BrNO2. The van der Waals surface area contributed by atoms with Crippen LogP contribution in [0.15, 0.2) is 22.7 Å². The van der Waals surface area contributed by atoms with E-state index in [1.165, 1.54) is 0 Å². The van der Waals surface area contributed by atoms with Gasteiger partial charge in [0.1, 0.15) is 0 Å². The SMILES string of the molecule is Cc1ccc(Br)c(NC(C)C(C)C(=O)O)c1. The number of hydrogen-bond acceptors (Lipinski definition) is 2.